The van der Waals surface area contributed by atoms with Crippen LogP contribution in [0, 0.1) is 0 Å². The smallest absolute Gasteiger partial charge is 0.340 e. The number of benzene rings is 2. The van der Waals surface area contributed by atoms with Gasteiger partial charge in [0.1, 0.15) is 6.04 Å². The van der Waals surface area contributed by atoms with Crippen LogP contribution in [0.5, 0.6) is 0 Å². The molecule has 0 aliphatic carbocycles. The van der Waals surface area contributed by atoms with Gasteiger partial charge in [0.25, 0.3) is 5.91 Å². The highest BCUT2D eigenvalue weighted by atomic mass is 79.9. The second-order valence-corrected chi connectivity index (χ2v) is 5.68. The zero-order chi connectivity index (χ0) is 16.2. The summed E-state index contributed by atoms with van der Waals surface area (Å²) >= 11 is 3.23. The molecule has 0 aliphatic heterocycles. The highest BCUT2D eigenvalue weighted by molar-refractivity contribution is 9.10. The van der Waals surface area contributed by atoms with Gasteiger partial charge in [0.05, 0.1) is 0 Å². The molecule has 0 aromatic heterocycles. The first-order valence-electron chi connectivity index (χ1n) is 6.53. The maximum Gasteiger partial charge on any atom is 0.408 e. The number of amides is 1. The topological polar surface area (TPSA) is 29.1 Å². The van der Waals surface area contributed by atoms with E-state index in [9.17, 15) is 18.0 Å². The lowest BCUT2D eigenvalue weighted by Crippen LogP contribution is -2.46. The highest BCUT2D eigenvalue weighted by Gasteiger charge is 2.40. The van der Waals surface area contributed by atoms with Gasteiger partial charge >= 0.3 is 6.18 Å². The molecule has 1 N–H and O–H groups in total. The van der Waals surface area contributed by atoms with Gasteiger partial charge in [-0.2, -0.15) is 13.2 Å². The molecular weight excluding hydrogens is 359 g/mol. The number of alkyl halides is 3. The molecule has 0 spiro atoms. The normalized spacial score (nSPS) is 12.7. The van der Waals surface area contributed by atoms with Crippen molar-refractivity contribution in [2.45, 2.75) is 18.6 Å². The van der Waals surface area contributed by atoms with Crippen LogP contribution in [0.3, 0.4) is 0 Å². The third-order valence-electron chi connectivity index (χ3n) is 3.09. The van der Waals surface area contributed by atoms with Crippen LogP contribution in [0.25, 0.3) is 0 Å². The highest BCUT2D eigenvalue weighted by Crippen LogP contribution is 2.24. The average Bonchev–Trinajstić information content (AvgIpc) is 2.48. The maximum absolute atomic E-state index is 13.1. The van der Waals surface area contributed by atoms with Crippen LogP contribution < -0.4 is 5.32 Å². The van der Waals surface area contributed by atoms with Gasteiger partial charge in [0.2, 0.25) is 0 Å². The molecular formula is C16H13BrF3NO. The second kappa shape index (κ2) is 6.96. The predicted molar refractivity (Wildman–Crippen MR) is 81.6 cm³/mol. The van der Waals surface area contributed by atoms with Crippen molar-refractivity contribution >= 4 is 21.8 Å². The molecule has 2 aromatic carbocycles. The lowest BCUT2D eigenvalue weighted by atomic mass is 10.0. The Hall–Kier alpha value is -1.82. The summed E-state index contributed by atoms with van der Waals surface area (Å²) < 4.78 is 40.2. The zero-order valence-electron chi connectivity index (χ0n) is 11.4. The number of rotatable bonds is 4. The fourth-order valence-electron chi connectivity index (χ4n) is 1.94. The standard InChI is InChI=1S/C16H13BrF3NO/c17-13-8-6-11(7-9-13)10-14(16(18,19)20)21-15(22)12-4-2-1-3-5-12/h1-9,14H,10H2,(H,21,22)/t14-/m0/s1. The minimum Gasteiger partial charge on any atom is -0.340 e. The molecule has 0 radical (unpaired) electrons. The van der Waals surface area contributed by atoms with Gasteiger partial charge in [-0.15, -0.1) is 0 Å². The Kier molecular flexibility index (Phi) is 5.24. The summed E-state index contributed by atoms with van der Waals surface area (Å²) in [5.74, 6) is -0.736. The van der Waals surface area contributed by atoms with Crippen LogP contribution in [0.15, 0.2) is 59.1 Å². The molecule has 0 fully saturated rings. The number of hydrogen-bond donors (Lipinski definition) is 1. The Morgan fingerprint density at radius 1 is 1.05 bits per heavy atom. The third kappa shape index (κ3) is 4.59. The van der Waals surface area contributed by atoms with E-state index in [0.717, 1.165) is 4.47 Å². The molecule has 0 unspecified atom stereocenters. The number of hydrogen-bond acceptors (Lipinski definition) is 1. The molecule has 0 bridgehead atoms. The van der Waals surface area contributed by atoms with Gasteiger partial charge in [-0.3, -0.25) is 4.79 Å². The first-order valence-corrected chi connectivity index (χ1v) is 7.32. The van der Waals surface area contributed by atoms with E-state index in [-0.39, 0.29) is 12.0 Å². The Morgan fingerprint density at radius 3 is 2.18 bits per heavy atom. The minimum absolute atomic E-state index is 0.201. The van der Waals surface area contributed by atoms with Crippen molar-refractivity contribution in [3.8, 4) is 0 Å². The van der Waals surface area contributed by atoms with Gasteiger partial charge in [0.15, 0.2) is 0 Å². The number of nitrogens with one attached hydrogen (secondary N) is 1. The molecule has 116 valence electrons. The van der Waals surface area contributed by atoms with E-state index in [4.69, 9.17) is 0 Å². The van der Waals surface area contributed by atoms with Gasteiger partial charge in [-0.05, 0) is 29.8 Å². The third-order valence-corrected chi connectivity index (χ3v) is 3.62. The van der Waals surface area contributed by atoms with E-state index in [1.807, 2.05) is 0 Å². The lowest BCUT2D eigenvalue weighted by molar-refractivity contribution is -0.153. The van der Waals surface area contributed by atoms with Crippen LogP contribution in [0.1, 0.15) is 15.9 Å². The second-order valence-electron chi connectivity index (χ2n) is 4.76. The summed E-state index contributed by atoms with van der Waals surface area (Å²) in [4.78, 5) is 11.9. The molecule has 0 heterocycles. The van der Waals surface area contributed by atoms with Crippen LogP contribution >= 0.6 is 15.9 Å². The molecule has 0 aliphatic rings. The molecule has 6 heteroatoms. The molecule has 0 saturated heterocycles. The van der Waals surface area contributed by atoms with Gasteiger partial charge < -0.3 is 5.32 Å². The van der Waals surface area contributed by atoms with Crippen molar-refractivity contribution in [3.63, 3.8) is 0 Å². The molecule has 2 rings (SSSR count). The van der Waals surface area contributed by atoms with Crippen LogP contribution in [-0.4, -0.2) is 18.1 Å². The maximum atomic E-state index is 13.1. The molecule has 2 aromatic rings. The van der Waals surface area contributed by atoms with Gasteiger partial charge in [0, 0.05) is 16.5 Å². The van der Waals surface area contributed by atoms with Crippen molar-refractivity contribution in [2.24, 2.45) is 0 Å². The van der Waals surface area contributed by atoms with Gasteiger partial charge in [-0.1, -0.05) is 46.3 Å². The van der Waals surface area contributed by atoms with E-state index in [1.54, 1.807) is 42.5 Å². The average molecular weight is 372 g/mol. The SMILES string of the molecule is O=C(N[C@@H](Cc1ccc(Br)cc1)C(F)(F)F)c1ccccc1. The monoisotopic (exact) mass is 371 g/mol. The molecule has 1 amide bonds. The predicted octanol–water partition coefficient (Wildman–Crippen LogP) is 4.35. The summed E-state index contributed by atoms with van der Waals surface area (Å²) in [5, 5.41) is 2.06. The zero-order valence-corrected chi connectivity index (χ0v) is 13.0. The minimum atomic E-state index is -4.52. The van der Waals surface area contributed by atoms with Crippen molar-refractivity contribution < 1.29 is 18.0 Å². The molecule has 22 heavy (non-hydrogen) atoms. The lowest BCUT2D eigenvalue weighted by Gasteiger charge is -2.22. The molecule has 2 nitrogen and oxygen atoms in total. The number of carbonyl (C=O) groups excluding carboxylic acids is 1. The summed E-state index contributed by atoms with van der Waals surface area (Å²) in [6.07, 6.45) is -4.83. The van der Waals surface area contributed by atoms with Crippen molar-refractivity contribution in [2.75, 3.05) is 0 Å². The molecule has 1 atom stereocenters. The quantitative estimate of drug-likeness (QED) is 0.850. The summed E-state index contributed by atoms with van der Waals surface area (Å²) in [6, 6.07) is 12.4. The Morgan fingerprint density at radius 2 is 1.64 bits per heavy atom. The summed E-state index contributed by atoms with van der Waals surface area (Å²) in [5.41, 5.74) is 0.700. The summed E-state index contributed by atoms with van der Waals surface area (Å²) in [7, 11) is 0. The van der Waals surface area contributed by atoms with Crippen molar-refractivity contribution in [1.29, 1.82) is 0 Å². The number of halogens is 4. The van der Waals surface area contributed by atoms with Crippen LogP contribution in [-0.2, 0) is 6.42 Å². The largest absolute Gasteiger partial charge is 0.408 e. The Labute approximate surface area is 134 Å². The van der Waals surface area contributed by atoms with Crippen molar-refractivity contribution in [1.82, 2.24) is 5.32 Å². The summed E-state index contributed by atoms with van der Waals surface area (Å²) in [6.45, 7) is 0. The van der Waals surface area contributed by atoms with Gasteiger partial charge in [-0.25, -0.2) is 0 Å². The van der Waals surface area contributed by atoms with E-state index in [2.05, 4.69) is 21.2 Å². The van der Waals surface area contributed by atoms with Crippen LogP contribution in [0.2, 0.25) is 0 Å². The van der Waals surface area contributed by atoms with E-state index in [0.29, 0.717) is 5.56 Å². The fourth-order valence-corrected chi connectivity index (χ4v) is 2.20. The fraction of sp³-hybridized carbons (Fsp3) is 0.188. The van der Waals surface area contributed by atoms with E-state index in [1.165, 1.54) is 12.1 Å². The Bertz CT molecular complexity index is 626. The van der Waals surface area contributed by atoms with E-state index >= 15 is 0 Å². The van der Waals surface area contributed by atoms with E-state index < -0.39 is 18.1 Å². The number of carbonyl (C=O) groups is 1. The van der Waals surface area contributed by atoms with Crippen LogP contribution in [0.4, 0.5) is 13.2 Å². The first kappa shape index (κ1) is 16.5. The van der Waals surface area contributed by atoms with Crippen molar-refractivity contribution in [3.05, 3.63) is 70.2 Å². The molecule has 0 saturated carbocycles. The Balaban J connectivity index is 2.13. The first-order chi connectivity index (χ1) is 10.4.